The third kappa shape index (κ3) is 2.71. The van der Waals surface area contributed by atoms with Crippen LogP contribution in [0.5, 0.6) is 0 Å². The summed E-state index contributed by atoms with van der Waals surface area (Å²) in [6.07, 6.45) is 0.849. The van der Waals surface area contributed by atoms with E-state index in [9.17, 15) is 9.18 Å². The van der Waals surface area contributed by atoms with Gasteiger partial charge < -0.3 is 5.32 Å². The van der Waals surface area contributed by atoms with E-state index >= 15 is 0 Å². The minimum atomic E-state index is -0.428. The standard InChI is InChI=1S/C15H15FN4OS/c1-3-13-19-20-12(9(2)18-15(20)22-13)8-17-14(21)10-5-4-6-11(16)7-10/h4-7H,3,8H2,1-2H3,(H,17,21). The van der Waals surface area contributed by atoms with Crippen LogP contribution >= 0.6 is 11.3 Å². The summed E-state index contributed by atoms with van der Waals surface area (Å²) in [6.45, 7) is 4.22. The minimum absolute atomic E-state index is 0.297. The number of nitrogens with one attached hydrogen (secondary N) is 1. The van der Waals surface area contributed by atoms with Gasteiger partial charge in [0.05, 0.1) is 17.9 Å². The second-order valence-electron chi connectivity index (χ2n) is 4.88. The predicted octanol–water partition coefficient (Wildman–Crippen LogP) is 2.73. The van der Waals surface area contributed by atoms with Crippen LogP contribution in [0.2, 0.25) is 0 Å². The molecule has 0 saturated carbocycles. The molecule has 2 heterocycles. The van der Waals surface area contributed by atoms with Crippen molar-refractivity contribution < 1.29 is 9.18 Å². The monoisotopic (exact) mass is 318 g/mol. The van der Waals surface area contributed by atoms with E-state index < -0.39 is 5.82 Å². The van der Waals surface area contributed by atoms with Crippen molar-refractivity contribution in [2.75, 3.05) is 0 Å². The van der Waals surface area contributed by atoms with Crippen molar-refractivity contribution in [2.24, 2.45) is 0 Å². The summed E-state index contributed by atoms with van der Waals surface area (Å²) in [5.74, 6) is -0.748. The first-order valence-electron chi connectivity index (χ1n) is 6.96. The molecule has 0 unspecified atom stereocenters. The summed E-state index contributed by atoms with van der Waals surface area (Å²) in [4.78, 5) is 17.4. The molecule has 114 valence electrons. The molecule has 0 bridgehead atoms. The highest BCUT2D eigenvalue weighted by atomic mass is 32.1. The highest BCUT2D eigenvalue weighted by Crippen LogP contribution is 2.19. The molecule has 2 aromatic heterocycles. The molecular formula is C15H15FN4OS. The van der Waals surface area contributed by atoms with Crippen molar-refractivity contribution in [1.29, 1.82) is 0 Å². The van der Waals surface area contributed by atoms with Crippen molar-refractivity contribution in [2.45, 2.75) is 26.8 Å². The molecule has 22 heavy (non-hydrogen) atoms. The molecule has 1 aromatic carbocycles. The minimum Gasteiger partial charge on any atom is -0.346 e. The van der Waals surface area contributed by atoms with Crippen LogP contribution < -0.4 is 5.32 Å². The van der Waals surface area contributed by atoms with Crippen molar-refractivity contribution in [3.63, 3.8) is 0 Å². The number of carbonyl (C=O) groups is 1. The summed E-state index contributed by atoms with van der Waals surface area (Å²) in [5, 5.41) is 8.27. The molecule has 0 fully saturated rings. The fourth-order valence-corrected chi connectivity index (χ4v) is 3.07. The first-order chi connectivity index (χ1) is 10.6. The second-order valence-corrected chi connectivity index (χ2v) is 5.92. The van der Waals surface area contributed by atoms with E-state index in [1.807, 2.05) is 13.8 Å². The molecule has 0 atom stereocenters. The van der Waals surface area contributed by atoms with Gasteiger partial charge in [-0.1, -0.05) is 24.3 Å². The van der Waals surface area contributed by atoms with Gasteiger partial charge in [0, 0.05) is 5.56 Å². The molecule has 0 saturated heterocycles. The van der Waals surface area contributed by atoms with Gasteiger partial charge in [-0.2, -0.15) is 5.10 Å². The number of aryl methyl sites for hydroxylation is 2. The molecule has 0 aliphatic rings. The van der Waals surface area contributed by atoms with E-state index in [0.717, 1.165) is 27.8 Å². The third-order valence-corrected chi connectivity index (χ3v) is 4.40. The Morgan fingerprint density at radius 3 is 3.00 bits per heavy atom. The number of benzene rings is 1. The number of rotatable bonds is 4. The zero-order valence-corrected chi connectivity index (χ0v) is 13.1. The lowest BCUT2D eigenvalue weighted by molar-refractivity contribution is 0.0949. The molecule has 0 spiro atoms. The fraction of sp³-hybridized carbons (Fsp3) is 0.267. The number of imidazole rings is 1. The van der Waals surface area contributed by atoms with E-state index in [2.05, 4.69) is 15.4 Å². The van der Waals surface area contributed by atoms with Crippen LogP contribution in [0.3, 0.4) is 0 Å². The van der Waals surface area contributed by atoms with E-state index in [4.69, 9.17) is 0 Å². The number of carbonyl (C=O) groups excluding carboxylic acids is 1. The topological polar surface area (TPSA) is 59.3 Å². The highest BCUT2D eigenvalue weighted by Gasteiger charge is 2.14. The molecule has 5 nitrogen and oxygen atoms in total. The summed E-state index contributed by atoms with van der Waals surface area (Å²) >= 11 is 1.54. The maximum atomic E-state index is 13.2. The zero-order chi connectivity index (χ0) is 15.7. The van der Waals surface area contributed by atoms with Gasteiger partial charge in [0.1, 0.15) is 10.8 Å². The van der Waals surface area contributed by atoms with Gasteiger partial charge in [-0.25, -0.2) is 13.9 Å². The van der Waals surface area contributed by atoms with Gasteiger partial charge in [-0.15, -0.1) is 0 Å². The summed E-state index contributed by atoms with van der Waals surface area (Å²) in [7, 11) is 0. The Labute approximate surface area is 130 Å². The molecule has 0 radical (unpaired) electrons. The van der Waals surface area contributed by atoms with Crippen LogP contribution in [0.15, 0.2) is 24.3 Å². The normalized spacial score (nSPS) is 11.0. The number of amides is 1. The highest BCUT2D eigenvalue weighted by molar-refractivity contribution is 7.16. The second kappa shape index (κ2) is 5.84. The van der Waals surface area contributed by atoms with E-state index in [0.29, 0.717) is 12.1 Å². The molecule has 0 aliphatic carbocycles. The Morgan fingerprint density at radius 2 is 2.27 bits per heavy atom. The van der Waals surface area contributed by atoms with Crippen molar-refractivity contribution >= 4 is 22.2 Å². The average Bonchev–Trinajstić information content (AvgIpc) is 3.01. The quantitative estimate of drug-likeness (QED) is 0.804. The van der Waals surface area contributed by atoms with E-state index in [1.165, 1.54) is 18.2 Å². The van der Waals surface area contributed by atoms with Crippen LogP contribution in [0.25, 0.3) is 4.96 Å². The zero-order valence-electron chi connectivity index (χ0n) is 12.3. The third-order valence-electron chi connectivity index (χ3n) is 3.34. The van der Waals surface area contributed by atoms with Crippen LogP contribution in [0, 0.1) is 12.7 Å². The lowest BCUT2D eigenvalue weighted by atomic mass is 10.2. The van der Waals surface area contributed by atoms with Gasteiger partial charge in [0.2, 0.25) is 4.96 Å². The van der Waals surface area contributed by atoms with Gasteiger partial charge in [0.15, 0.2) is 0 Å². The van der Waals surface area contributed by atoms with Crippen LogP contribution in [-0.4, -0.2) is 20.5 Å². The average molecular weight is 318 g/mol. The van der Waals surface area contributed by atoms with Crippen molar-refractivity contribution in [3.05, 3.63) is 52.0 Å². The molecule has 1 amide bonds. The first kappa shape index (κ1) is 14.6. The lowest BCUT2D eigenvalue weighted by Crippen LogP contribution is -2.24. The lowest BCUT2D eigenvalue weighted by Gasteiger charge is -2.05. The number of hydrogen-bond donors (Lipinski definition) is 1. The Kier molecular flexibility index (Phi) is 3.89. The summed E-state index contributed by atoms with van der Waals surface area (Å²) in [5.41, 5.74) is 1.97. The summed E-state index contributed by atoms with van der Waals surface area (Å²) in [6, 6.07) is 5.62. The Balaban J connectivity index is 1.80. The number of aromatic nitrogens is 3. The Bertz CT molecular complexity index is 839. The van der Waals surface area contributed by atoms with E-state index in [-0.39, 0.29) is 5.91 Å². The van der Waals surface area contributed by atoms with Gasteiger partial charge in [-0.05, 0) is 31.5 Å². The van der Waals surface area contributed by atoms with Crippen molar-refractivity contribution in [1.82, 2.24) is 19.9 Å². The number of fused-ring (bicyclic) bond motifs is 1. The molecule has 0 aliphatic heterocycles. The van der Waals surface area contributed by atoms with Gasteiger partial charge >= 0.3 is 0 Å². The Hall–Kier alpha value is -2.28. The smallest absolute Gasteiger partial charge is 0.251 e. The fourth-order valence-electron chi connectivity index (χ4n) is 2.17. The SMILES string of the molecule is CCc1nn2c(CNC(=O)c3cccc(F)c3)c(C)nc2s1. The molecule has 3 rings (SSSR count). The van der Waals surface area contributed by atoms with Gasteiger partial charge in [-0.3, -0.25) is 4.79 Å². The maximum absolute atomic E-state index is 13.2. The van der Waals surface area contributed by atoms with E-state index in [1.54, 1.807) is 21.9 Å². The Morgan fingerprint density at radius 1 is 1.45 bits per heavy atom. The molecule has 1 N–H and O–H groups in total. The summed E-state index contributed by atoms with van der Waals surface area (Å²) < 4.78 is 14.9. The van der Waals surface area contributed by atoms with Gasteiger partial charge in [0.25, 0.3) is 5.91 Å². The van der Waals surface area contributed by atoms with Crippen LogP contribution in [-0.2, 0) is 13.0 Å². The van der Waals surface area contributed by atoms with Crippen LogP contribution in [0.1, 0.15) is 33.7 Å². The number of nitrogens with zero attached hydrogens (tertiary/aromatic N) is 3. The first-order valence-corrected chi connectivity index (χ1v) is 7.78. The molecular weight excluding hydrogens is 303 g/mol. The number of halogens is 1. The largest absolute Gasteiger partial charge is 0.346 e. The van der Waals surface area contributed by atoms with Crippen LogP contribution in [0.4, 0.5) is 4.39 Å². The maximum Gasteiger partial charge on any atom is 0.251 e. The number of hydrogen-bond acceptors (Lipinski definition) is 4. The molecule has 7 heteroatoms. The molecule has 3 aromatic rings. The predicted molar refractivity (Wildman–Crippen MR) is 82.5 cm³/mol. The van der Waals surface area contributed by atoms with Crippen molar-refractivity contribution in [3.8, 4) is 0 Å².